The van der Waals surface area contributed by atoms with Gasteiger partial charge in [-0.1, -0.05) is 24.3 Å². The van der Waals surface area contributed by atoms with E-state index in [2.05, 4.69) is 25.6 Å². The van der Waals surface area contributed by atoms with Crippen molar-refractivity contribution in [2.45, 2.75) is 13.0 Å². The molecule has 6 nitrogen and oxygen atoms in total. The van der Waals surface area contributed by atoms with Crippen molar-refractivity contribution in [1.29, 1.82) is 0 Å². The van der Waals surface area contributed by atoms with Crippen molar-refractivity contribution in [3.05, 3.63) is 54.2 Å². The maximum atomic E-state index is 12.9. The van der Waals surface area contributed by atoms with Crippen molar-refractivity contribution < 1.29 is 8.78 Å². The lowest BCUT2D eigenvalue weighted by Gasteiger charge is -2.24. The SMILES string of the molecule is FC(F)CN(Cc1cccc(-c2nn[nH]n2)n1)c1ccccc1. The normalized spacial score (nSPS) is 10.9. The molecule has 0 amide bonds. The second kappa shape index (κ2) is 6.91. The van der Waals surface area contributed by atoms with Gasteiger partial charge >= 0.3 is 0 Å². The number of anilines is 1. The summed E-state index contributed by atoms with van der Waals surface area (Å²) < 4.78 is 25.8. The van der Waals surface area contributed by atoms with Gasteiger partial charge in [0, 0.05) is 5.69 Å². The van der Waals surface area contributed by atoms with Crippen LogP contribution in [0.15, 0.2) is 48.5 Å². The molecule has 0 bridgehead atoms. The van der Waals surface area contributed by atoms with Crippen LogP contribution in [0.3, 0.4) is 0 Å². The third-order valence-electron chi connectivity index (χ3n) is 3.21. The number of H-pyrrole nitrogens is 1. The lowest BCUT2D eigenvalue weighted by Crippen LogP contribution is -2.28. The Labute approximate surface area is 131 Å². The number of tetrazole rings is 1. The molecule has 0 unspecified atom stereocenters. The van der Waals surface area contributed by atoms with E-state index in [1.807, 2.05) is 18.2 Å². The highest BCUT2D eigenvalue weighted by Crippen LogP contribution is 2.19. The monoisotopic (exact) mass is 316 g/mol. The molecule has 0 aliphatic heterocycles. The van der Waals surface area contributed by atoms with E-state index in [-0.39, 0.29) is 13.1 Å². The minimum Gasteiger partial charge on any atom is -0.360 e. The average Bonchev–Trinajstić information content (AvgIpc) is 3.09. The van der Waals surface area contributed by atoms with E-state index in [4.69, 9.17) is 0 Å². The highest BCUT2D eigenvalue weighted by atomic mass is 19.3. The molecule has 2 heterocycles. The summed E-state index contributed by atoms with van der Waals surface area (Å²) in [5, 5.41) is 13.6. The highest BCUT2D eigenvalue weighted by Gasteiger charge is 2.14. The Morgan fingerprint density at radius 3 is 2.57 bits per heavy atom. The zero-order valence-corrected chi connectivity index (χ0v) is 12.1. The van der Waals surface area contributed by atoms with Crippen LogP contribution in [-0.2, 0) is 6.54 Å². The third kappa shape index (κ3) is 3.85. The maximum absolute atomic E-state index is 12.9. The standard InChI is InChI=1S/C15H14F2N6/c16-14(17)10-23(12-6-2-1-3-7-12)9-11-5-4-8-13(18-11)15-19-21-22-20-15/h1-8,14H,9-10H2,(H,19,20,21,22). The average molecular weight is 316 g/mol. The number of hydrogen-bond donors (Lipinski definition) is 1. The molecule has 0 atom stereocenters. The molecule has 1 N–H and O–H groups in total. The van der Waals surface area contributed by atoms with Gasteiger partial charge in [-0.15, -0.1) is 10.2 Å². The number of benzene rings is 1. The van der Waals surface area contributed by atoms with Crippen molar-refractivity contribution in [1.82, 2.24) is 25.6 Å². The molecular formula is C15H14F2N6. The summed E-state index contributed by atoms with van der Waals surface area (Å²) in [6, 6.07) is 14.4. The Morgan fingerprint density at radius 2 is 1.87 bits per heavy atom. The van der Waals surface area contributed by atoms with Gasteiger partial charge in [-0.05, 0) is 29.5 Å². The van der Waals surface area contributed by atoms with Crippen LogP contribution in [0.4, 0.5) is 14.5 Å². The van der Waals surface area contributed by atoms with E-state index in [1.54, 1.807) is 35.2 Å². The predicted molar refractivity (Wildman–Crippen MR) is 80.9 cm³/mol. The van der Waals surface area contributed by atoms with Crippen LogP contribution in [0, 0.1) is 0 Å². The summed E-state index contributed by atoms with van der Waals surface area (Å²) in [4.78, 5) is 6.01. The van der Waals surface area contributed by atoms with Crippen LogP contribution in [0.2, 0.25) is 0 Å². The first-order valence-corrected chi connectivity index (χ1v) is 7.00. The molecule has 1 aromatic carbocycles. The first-order chi connectivity index (χ1) is 11.2. The van der Waals surface area contributed by atoms with E-state index in [0.717, 1.165) is 5.69 Å². The topological polar surface area (TPSA) is 70.6 Å². The summed E-state index contributed by atoms with van der Waals surface area (Å²) in [7, 11) is 0. The first-order valence-electron chi connectivity index (χ1n) is 7.00. The predicted octanol–water partition coefficient (Wildman–Crippen LogP) is 2.53. The molecule has 0 aliphatic rings. The molecule has 118 valence electrons. The van der Waals surface area contributed by atoms with E-state index < -0.39 is 6.43 Å². The molecule has 3 aromatic rings. The van der Waals surface area contributed by atoms with Crippen molar-refractivity contribution in [3.8, 4) is 11.5 Å². The molecule has 2 aromatic heterocycles. The minimum absolute atomic E-state index is 0.264. The zero-order valence-electron chi connectivity index (χ0n) is 12.1. The van der Waals surface area contributed by atoms with Gasteiger partial charge in [0.2, 0.25) is 5.82 Å². The fraction of sp³-hybridized carbons (Fsp3) is 0.200. The van der Waals surface area contributed by atoms with Crippen LogP contribution in [0.1, 0.15) is 5.69 Å². The van der Waals surface area contributed by atoms with E-state index in [0.29, 0.717) is 17.2 Å². The molecule has 0 spiro atoms. The summed E-state index contributed by atoms with van der Waals surface area (Å²) in [6.07, 6.45) is -2.43. The molecule has 0 saturated carbocycles. The van der Waals surface area contributed by atoms with Crippen LogP contribution in [0.25, 0.3) is 11.5 Å². The number of hydrogen-bond acceptors (Lipinski definition) is 5. The molecule has 0 aliphatic carbocycles. The van der Waals surface area contributed by atoms with Gasteiger partial charge in [-0.25, -0.2) is 13.8 Å². The number of aromatic amines is 1. The van der Waals surface area contributed by atoms with Gasteiger partial charge in [0.1, 0.15) is 5.69 Å². The second-order valence-electron chi connectivity index (χ2n) is 4.86. The molecule has 0 fully saturated rings. The van der Waals surface area contributed by atoms with Gasteiger partial charge in [-0.3, -0.25) is 0 Å². The Hall–Kier alpha value is -2.90. The van der Waals surface area contributed by atoms with Gasteiger partial charge in [0.25, 0.3) is 6.43 Å². The van der Waals surface area contributed by atoms with E-state index >= 15 is 0 Å². The number of nitrogens with one attached hydrogen (secondary N) is 1. The van der Waals surface area contributed by atoms with Crippen molar-refractivity contribution >= 4 is 5.69 Å². The Morgan fingerprint density at radius 1 is 1.04 bits per heavy atom. The van der Waals surface area contributed by atoms with Crippen LogP contribution in [0.5, 0.6) is 0 Å². The molecule has 0 saturated heterocycles. The van der Waals surface area contributed by atoms with Crippen molar-refractivity contribution in [2.24, 2.45) is 0 Å². The number of alkyl halides is 2. The number of halogens is 2. The molecule has 23 heavy (non-hydrogen) atoms. The smallest absolute Gasteiger partial charge is 0.255 e. The Balaban J connectivity index is 1.84. The van der Waals surface area contributed by atoms with E-state index in [9.17, 15) is 8.78 Å². The zero-order chi connectivity index (χ0) is 16.1. The van der Waals surface area contributed by atoms with E-state index in [1.165, 1.54) is 0 Å². The first kappa shape index (κ1) is 15.0. The van der Waals surface area contributed by atoms with Crippen LogP contribution >= 0.6 is 0 Å². The summed E-state index contributed by atoms with van der Waals surface area (Å²) in [5.74, 6) is 0.368. The van der Waals surface area contributed by atoms with Crippen molar-refractivity contribution in [3.63, 3.8) is 0 Å². The fourth-order valence-corrected chi connectivity index (χ4v) is 2.22. The number of para-hydroxylation sites is 1. The molecule has 0 radical (unpaired) electrons. The highest BCUT2D eigenvalue weighted by molar-refractivity contribution is 5.49. The Kier molecular flexibility index (Phi) is 4.51. The fourth-order valence-electron chi connectivity index (χ4n) is 2.22. The lowest BCUT2D eigenvalue weighted by atomic mass is 10.2. The number of aromatic nitrogens is 5. The largest absolute Gasteiger partial charge is 0.360 e. The van der Waals surface area contributed by atoms with Crippen LogP contribution in [-0.4, -0.2) is 38.6 Å². The Bertz CT molecular complexity index is 733. The molecule has 3 rings (SSSR count). The summed E-state index contributed by atoms with van der Waals surface area (Å²) in [6.45, 7) is -0.0990. The van der Waals surface area contributed by atoms with Gasteiger partial charge in [-0.2, -0.15) is 5.21 Å². The minimum atomic E-state index is -2.43. The van der Waals surface area contributed by atoms with Crippen LogP contribution < -0.4 is 4.90 Å². The van der Waals surface area contributed by atoms with Gasteiger partial charge in [0.05, 0.1) is 18.8 Å². The van der Waals surface area contributed by atoms with Gasteiger partial charge < -0.3 is 4.90 Å². The second-order valence-corrected chi connectivity index (χ2v) is 4.86. The lowest BCUT2D eigenvalue weighted by molar-refractivity contribution is 0.154. The number of pyridine rings is 1. The summed E-state index contributed by atoms with van der Waals surface area (Å²) in [5.41, 5.74) is 1.91. The molecular weight excluding hydrogens is 302 g/mol. The van der Waals surface area contributed by atoms with Crippen molar-refractivity contribution in [2.75, 3.05) is 11.4 Å². The number of nitrogens with zero attached hydrogens (tertiary/aromatic N) is 5. The molecule has 8 heteroatoms. The summed E-state index contributed by atoms with van der Waals surface area (Å²) >= 11 is 0. The quantitative estimate of drug-likeness (QED) is 0.757. The van der Waals surface area contributed by atoms with Gasteiger partial charge in [0.15, 0.2) is 0 Å². The third-order valence-corrected chi connectivity index (χ3v) is 3.21. The maximum Gasteiger partial charge on any atom is 0.255 e. The number of rotatable bonds is 6.